The Balaban J connectivity index is 2.04. The molecule has 0 bridgehead atoms. The van der Waals surface area contributed by atoms with E-state index in [0.29, 0.717) is 5.02 Å². The van der Waals surface area contributed by atoms with Gasteiger partial charge in [-0.05, 0) is 49.3 Å². The van der Waals surface area contributed by atoms with E-state index in [1.54, 1.807) is 6.07 Å². The van der Waals surface area contributed by atoms with Gasteiger partial charge in [0.2, 0.25) is 0 Å². The molecular formula is C13H15ClO. The van der Waals surface area contributed by atoms with E-state index in [1.807, 2.05) is 12.1 Å². The second-order valence-corrected chi connectivity index (χ2v) is 4.55. The standard InChI is InChI=1S/C13H15ClO/c14-12-9-11(6-7-13(12)15)8-10-4-2-1-3-5-10/h1-2,6-7,9-10,15H,3-5,8H2/t10-/m1/s1. The molecule has 1 aliphatic carbocycles. The summed E-state index contributed by atoms with van der Waals surface area (Å²) in [7, 11) is 0. The van der Waals surface area contributed by atoms with Crippen LogP contribution in [0.15, 0.2) is 30.4 Å². The number of allylic oxidation sites excluding steroid dienone is 2. The lowest BCUT2D eigenvalue weighted by molar-refractivity contribution is 0.469. The molecule has 2 rings (SSSR count). The van der Waals surface area contributed by atoms with Crippen LogP contribution >= 0.6 is 11.6 Å². The van der Waals surface area contributed by atoms with Crippen molar-refractivity contribution in [2.24, 2.45) is 5.92 Å². The minimum Gasteiger partial charge on any atom is -0.506 e. The van der Waals surface area contributed by atoms with Crippen LogP contribution in [-0.2, 0) is 6.42 Å². The van der Waals surface area contributed by atoms with Crippen molar-refractivity contribution in [1.29, 1.82) is 0 Å². The first-order valence-corrected chi connectivity index (χ1v) is 5.76. The molecule has 0 spiro atoms. The third kappa shape index (κ3) is 2.75. The van der Waals surface area contributed by atoms with E-state index >= 15 is 0 Å². The molecule has 0 aromatic heterocycles. The van der Waals surface area contributed by atoms with Crippen LogP contribution in [0.3, 0.4) is 0 Å². The topological polar surface area (TPSA) is 20.2 Å². The summed E-state index contributed by atoms with van der Waals surface area (Å²) in [5.41, 5.74) is 1.22. The second kappa shape index (κ2) is 4.71. The van der Waals surface area contributed by atoms with Crippen LogP contribution in [0.2, 0.25) is 5.02 Å². The maximum absolute atomic E-state index is 9.31. The van der Waals surface area contributed by atoms with Crippen molar-refractivity contribution in [3.8, 4) is 5.75 Å². The molecule has 15 heavy (non-hydrogen) atoms. The lowest BCUT2D eigenvalue weighted by atomic mass is 9.88. The lowest BCUT2D eigenvalue weighted by Gasteiger charge is -2.17. The first kappa shape index (κ1) is 10.6. The van der Waals surface area contributed by atoms with E-state index in [-0.39, 0.29) is 5.75 Å². The highest BCUT2D eigenvalue weighted by molar-refractivity contribution is 6.32. The minimum atomic E-state index is 0.170. The van der Waals surface area contributed by atoms with Crippen molar-refractivity contribution >= 4 is 11.6 Å². The molecule has 1 aliphatic rings. The predicted molar refractivity (Wildman–Crippen MR) is 63.3 cm³/mol. The number of benzene rings is 1. The molecule has 0 saturated heterocycles. The Bertz CT molecular complexity index is 371. The van der Waals surface area contributed by atoms with Crippen LogP contribution in [0.25, 0.3) is 0 Å². The Kier molecular flexibility index (Phi) is 3.32. The Morgan fingerprint density at radius 3 is 2.87 bits per heavy atom. The maximum atomic E-state index is 9.31. The van der Waals surface area contributed by atoms with Crippen LogP contribution in [0.5, 0.6) is 5.75 Å². The molecule has 0 saturated carbocycles. The van der Waals surface area contributed by atoms with Gasteiger partial charge in [-0.1, -0.05) is 29.8 Å². The number of phenolic OH excluding ortho intramolecular Hbond substituents is 1. The smallest absolute Gasteiger partial charge is 0.134 e. The Labute approximate surface area is 95.4 Å². The highest BCUT2D eigenvalue weighted by Gasteiger charge is 2.11. The summed E-state index contributed by atoms with van der Waals surface area (Å²) in [6, 6.07) is 5.51. The first-order chi connectivity index (χ1) is 7.25. The highest BCUT2D eigenvalue weighted by Crippen LogP contribution is 2.27. The van der Waals surface area contributed by atoms with Crippen LogP contribution in [0.1, 0.15) is 24.8 Å². The summed E-state index contributed by atoms with van der Waals surface area (Å²) in [5, 5.41) is 9.76. The zero-order chi connectivity index (χ0) is 10.7. The van der Waals surface area contributed by atoms with Crippen LogP contribution < -0.4 is 0 Å². The quantitative estimate of drug-likeness (QED) is 0.752. The maximum Gasteiger partial charge on any atom is 0.134 e. The number of hydrogen-bond donors (Lipinski definition) is 1. The number of phenols is 1. The SMILES string of the molecule is Oc1ccc(C[C@@H]2CC=CCC2)cc1Cl. The molecule has 2 heteroatoms. The van der Waals surface area contributed by atoms with Crippen molar-refractivity contribution in [2.75, 3.05) is 0 Å². The molecular weight excluding hydrogens is 208 g/mol. The van der Waals surface area contributed by atoms with Crippen molar-refractivity contribution < 1.29 is 5.11 Å². The van der Waals surface area contributed by atoms with E-state index in [0.717, 1.165) is 12.3 Å². The molecule has 0 heterocycles. The fourth-order valence-corrected chi connectivity index (χ4v) is 2.26. The van der Waals surface area contributed by atoms with Gasteiger partial charge < -0.3 is 5.11 Å². The van der Waals surface area contributed by atoms with Crippen LogP contribution in [-0.4, -0.2) is 5.11 Å². The molecule has 1 atom stereocenters. The van der Waals surface area contributed by atoms with Gasteiger partial charge in [-0.3, -0.25) is 0 Å². The number of halogens is 1. The van der Waals surface area contributed by atoms with E-state index in [9.17, 15) is 5.11 Å². The second-order valence-electron chi connectivity index (χ2n) is 4.14. The first-order valence-electron chi connectivity index (χ1n) is 5.38. The van der Waals surface area contributed by atoms with Gasteiger partial charge in [0.15, 0.2) is 0 Å². The van der Waals surface area contributed by atoms with E-state index in [1.165, 1.54) is 24.8 Å². The van der Waals surface area contributed by atoms with Crippen LogP contribution in [0, 0.1) is 5.92 Å². The fraction of sp³-hybridized carbons (Fsp3) is 0.385. The van der Waals surface area contributed by atoms with Gasteiger partial charge in [-0.2, -0.15) is 0 Å². The van der Waals surface area contributed by atoms with Gasteiger partial charge in [0, 0.05) is 0 Å². The monoisotopic (exact) mass is 222 g/mol. The van der Waals surface area contributed by atoms with Gasteiger partial charge in [-0.25, -0.2) is 0 Å². The molecule has 0 aliphatic heterocycles. The largest absolute Gasteiger partial charge is 0.506 e. The summed E-state index contributed by atoms with van der Waals surface area (Å²) in [5.74, 6) is 0.902. The van der Waals surface area contributed by atoms with Crippen molar-refractivity contribution in [3.63, 3.8) is 0 Å². The molecule has 0 fully saturated rings. The molecule has 80 valence electrons. The van der Waals surface area contributed by atoms with Crippen LogP contribution in [0.4, 0.5) is 0 Å². The number of hydrogen-bond acceptors (Lipinski definition) is 1. The Morgan fingerprint density at radius 1 is 1.33 bits per heavy atom. The van der Waals surface area contributed by atoms with Gasteiger partial charge >= 0.3 is 0 Å². The summed E-state index contributed by atoms with van der Waals surface area (Å²) in [6.45, 7) is 0. The minimum absolute atomic E-state index is 0.170. The highest BCUT2D eigenvalue weighted by atomic mass is 35.5. The summed E-state index contributed by atoms with van der Waals surface area (Å²) in [4.78, 5) is 0. The summed E-state index contributed by atoms with van der Waals surface area (Å²) >= 11 is 5.87. The number of aromatic hydroxyl groups is 1. The number of rotatable bonds is 2. The van der Waals surface area contributed by atoms with E-state index < -0.39 is 0 Å². The van der Waals surface area contributed by atoms with E-state index in [4.69, 9.17) is 11.6 Å². The zero-order valence-corrected chi connectivity index (χ0v) is 9.37. The Hall–Kier alpha value is -0.950. The van der Waals surface area contributed by atoms with Crippen molar-refractivity contribution in [1.82, 2.24) is 0 Å². The average Bonchev–Trinajstić information content (AvgIpc) is 2.25. The van der Waals surface area contributed by atoms with Crippen molar-refractivity contribution in [2.45, 2.75) is 25.7 Å². The lowest BCUT2D eigenvalue weighted by Crippen LogP contribution is -2.06. The van der Waals surface area contributed by atoms with Gasteiger partial charge in [0.1, 0.15) is 5.75 Å². The predicted octanol–water partition coefficient (Wildman–Crippen LogP) is 3.94. The van der Waals surface area contributed by atoms with Crippen molar-refractivity contribution in [3.05, 3.63) is 40.9 Å². The molecule has 0 radical (unpaired) electrons. The van der Waals surface area contributed by atoms with Gasteiger partial charge in [-0.15, -0.1) is 0 Å². The van der Waals surface area contributed by atoms with Gasteiger partial charge in [0.05, 0.1) is 5.02 Å². The third-order valence-electron chi connectivity index (χ3n) is 2.91. The summed E-state index contributed by atoms with van der Waals surface area (Å²) < 4.78 is 0. The molecule has 0 amide bonds. The van der Waals surface area contributed by atoms with Gasteiger partial charge in [0.25, 0.3) is 0 Å². The average molecular weight is 223 g/mol. The third-order valence-corrected chi connectivity index (χ3v) is 3.22. The molecule has 1 N–H and O–H groups in total. The summed E-state index contributed by atoms with van der Waals surface area (Å²) in [6.07, 6.45) is 9.19. The molecule has 1 aromatic rings. The fourth-order valence-electron chi connectivity index (χ4n) is 2.05. The van der Waals surface area contributed by atoms with E-state index in [2.05, 4.69) is 12.2 Å². The normalized spacial score (nSPS) is 20.5. The molecule has 1 nitrogen and oxygen atoms in total. The zero-order valence-electron chi connectivity index (χ0n) is 8.62. The molecule has 0 unspecified atom stereocenters. The molecule has 1 aromatic carbocycles. The Morgan fingerprint density at radius 2 is 2.20 bits per heavy atom.